The van der Waals surface area contributed by atoms with E-state index in [-0.39, 0.29) is 11.3 Å². The van der Waals surface area contributed by atoms with Gasteiger partial charge in [-0.3, -0.25) is 4.79 Å². The molecule has 1 N–H and O–H groups in total. The number of aryl methyl sites for hydroxylation is 2. The molecule has 2 aromatic carbocycles. The summed E-state index contributed by atoms with van der Waals surface area (Å²) in [6.45, 7) is 0.692. The van der Waals surface area contributed by atoms with Crippen LogP contribution in [-0.4, -0.2) is 9.67 Å². The van der Waals surface area contributed by atoms with Crippen molar-refractivity contribution in [2.24, 2.45) is 0 Å². The average Bonchev–Trinajstić information content (AvgIpc) is 2.95. The van der Waals surface area contributed by atoms with Crippen LogP contribution >= 0.6 is 11.8 Å². The minimum absolute atomic E-state index is 0.0983. The molecule has 104 valence electrons. The van der Waals surface area contributed by atoms with Crippen LogP contribution in [0.5, 0.6) is 5.75 Å². The summed E-state index contributed by atoms with van der Waals surface area (Å²) in [6, 6.07) is 15.5. The third-order valence-corrected chi connectivity index (χ3v) is 4.95. The van der Waals surface area contributed by atoms with Crippen LogP contribution in [-0.2, 0) is 13.0 Å². The van der Waals surface area contributed by atoms with Gasteiger partial charge >= 0.3 is 0 Å². The van der Waals surface area contributed by atoms with E-state index in [1.54, 1.807) is 4.57 Å². The lowest BCUT2D eigenvalue weighted by Gasteiger charge is -2.11. The number of pyridine rings is 1. The van der Waals surface area contributed by atoms with Gasteiger partial charge in [-0.2, -0.15) is 0 Å². The highest BCUT2D eigenvalue weighted by Crippen LogP contribution is 2.38. The monoisotopic (exact) mass is 295 g/mol. The number of hydrogen-bond acceptors (Lipinski definition) is 3. The third-order valence-electron chi connectivity index (χ3n) is 3.87. The number of aromatic nitrogens is 1. The number of benzene rings is 2. The van der Waals surface area contributed by atoms with Crippen molar-refractivity contribution >= 4 is 22.7 Å². The molecule has 0 bridgehead atoms. The summed E-state index contributed by atoms with van der Waals surface area (Å²) >= 11 is 1.33. The first-order valence-corrected chi connectivity index (χ1v) is 7.67. The Morgan fingerprint density at radius 3 is 2.67 bits per heavy atom. The summed E-state index contributed by atoms with van der Waals surface area (Å²) in [5, 5.41) is 11.3. The van der Waals surface area contributed by atoms with Crippen molar-refractivity contribution in [2.75, 3.05) is 0 Å². The Balaban J connectivity index is 1.98. The van der Waals surface area contributed by atoms with Gasteiger partial charge in [0, 0.05) is 16.8 Å². The topological polar surface area (TPSA) is 42.2 Å². The molecular weight excluding hydrogens is 282 g/mol. The van der Waals surface area contributed by atoms with Crippen LogP contribution in [0.25, 0.3) is 10.9 Å². The van der Waals surface area contributed by atoms with E-state index in [1.165, 1.54) is 11.8 Å². The van der Waals surface area contributed by atoms with E-state index < -0.39 is 0 Å². The Kier molecular flexibility index (Phi) is 2.79. The molecule has 0 atom stereocenters. The average molecular weight is 295 g/mol. The minimum atomic E-state index is -0.0983. The fourth-order valence-electron chi connectivity index (χ4n) is 2.89. The van der Waals surface area contributed by atoms with Gasteiger partial charge in [0.25, 0.3) is 5.56 Å². The van der Waals surface area contributed by atoms with E-state index in [2.05, 4.69) is 0 Å². The zero-order chi connectivity index (χ0) is 14.4. The second-order valence-electron chi connectivity index (χ2n) is 5.11. The third kappa shape index (κ3) is 1.87. The molecule has 1 aliphatic rings. The molecule has 21 heavy (non-hydrogen) atoms. The summed E-state index contributed by atoms with van der Waals surface area (Å²) in [5.41, 5.74) is 1.92. The van der Waals surface area contributed by atoms with Gasteiger partial charge in [-0.15, -0.1) is 0 Å². The van der Waals surface area contributed by atoms with Gasteiger partial charge in [-0.05, 0) is 30.2 Å². The van der Waals surface area contributed by atoms with Crippen LogP contribution in [0.3, 0.4) is 0 Å². The van der Waals surface area contributed by atoms with Crippen molar-refractivity contribution < 1.29 is 5.11 Å². The predicted octanol–water partition coefficient (Wildman–Crippen LogP) is 3.41. The number of hydrogen-bond donors (Lipinski definition) is 1. The van der Waals surface area contributed by atoms with Gasteiger partial charge in [0.2, 0.25) is 0 Å². The lowest BCUT2D eigenvalue weighted by Crippen LogP contribution is -2.19. The summed E-state index contributed by atoms with van der Waals surface area (Å²) in [5.74, 6) is 0.101. The number of aromatic hydroxyl groups is 1. The fraction of sp³-hybridized carbons (Fsp3) is 0.118. The maximum absolute atomic E-state index is 12.7. The van der Waals surface area contributed by atoms with Crippen LogP contribution in [0.2, 0.25) is 0 Å². The van der Waals surface area contributed by atoms with Gasteiger partial charge in [-0.25, -0.2) is 0 Å². The van der Waals surface area contributed by atoms with Gasteiger partial charge in [-0.1, -0.05) is 42.1 Å². The highest BCUT2D eigenvalue weighted by molar-refractivity contribution is 7.99. The van der Waals surface area contributed by atoms with Crippen molar-refractivity contribution in [1.29, 1.82) is 0 Å². The van der Waals surface area contributed by atoms with E-state index in [0.717, 1.165) is 27.8 Å². The maximum atomic E-state index is 12.7. The van der Waals surface area contributed by atoms with E-state index in [9.17, 15) is 9.90 Å². The van der Waals surface area contributed by atoms with Crippen LogP contribution in [0.1, 0.15) is 5.56 Å². The van der Waals surface area contributed by atoms with Crippen molar-refractivity contribution in [3.63, 3.8) is 0 Å². The Labute approximate surface area is 125 Å². The van der Waals surface area contributed by atoms with Crippen molar-refractivity contribution in [3.8, 4) is 5.75 Å². The molecule has 0 radical (unpaired) electrons. The number of para-hydroxylation sites is 1. The lowest BCUT2D eigenvalue weighted by molar-refractivity contribution is 0.464. The van der Waals surface area contributed by atoms with Gasteiger partial charge in [0.05, 0.1) is 5.52 Å². The largest absolute Gasteiger partial charge is 0.506 e. The molecule has 0 aliphatic carbocycles. The van der Waals surface area contributed by atoms with E-state index in [4.69, 9.17) is 0 Å². The second kappa shape index (κ2) is 4.67. The van der Waals surface area contributed by atoms with E-state index in [1.807, 2.05) is 48.5 Å². The first kappa shape index (κ1) is 12.5. The molecule has 4 rings (SSSR count). The molecule has 4 heteroatoms. The first-order valence-electron chi connectivity index (χ1n) is 6.86. The Morgan fingerprint density at radius 2 is 1.86 bits per heavy atom. The van der Waals surface area contributed by atoms with Gasteiger partial charge in [0.1, 0.15) is 10.6 Å². The molecule has 2 heterocycles. The fourth-order valence-corrected chi connectivity index (χ4v) is 3.83. The molecule has 0 saturated carbocycles. The summed E-state index contributed by atoms with van der Waals surface area (Å²) in [6.07, 6.45) is 0.853. The smallest absolute Gasteiger partial charge is 0.268 e. The van der Waals surface area contributed by atoms with E-state index in [0.29, 0.717) is 11.4 Å². The quantitative estimate of drug-likeness (QED) is 0.787. The number of rotatable bonds is 2. The minimum Gasteiger partial charge on any atom is -0.506 e. The first-order chi connectivity index (χ1) is 10.3. The highest BCUT2D eigenvalue weighted by atomic mass is 32.2. The van der Waals surface area contributed by atoms with Crippen LogP contribution in [0, 0.1) is 0 Å². The summed E-state index contributed by atoms with van der Waals surface area (Å²) < 4.78 is 1.79. The van der Waals surface area contributed by atoms with Crippen molar-refractivity contribution in [3.05, 3.63) is 64.4 Å². The van der Waals surface area contributed by atoms with Crippen LogP contribution in [0.4, 0.5) is 0 Å². The Morgan fingerprint density at radius 1 is 1.05 bits per heavy atom. The lowest BCUT2D eigenvalue weighted by atomic mass is 10.1. The molecule has 0 fully saturated rings. The molecule has 1 aromatic heterocycles. The van der Waals surface area contributed by atoms with Crippen molar-refractivity contribution in [1.82, 2.24) is 4.57 Å². The van der Waals surface area contributed by atoms with Crippen molar-refractivity contribution in [2.45, 2.75) is 22.8 Å². The van der Waals surface area contributed by atoms with Gasteiger partial charge in [0.15, 0.2) is 0 Å². The van der Waals surface area contributed by atoms with Gasteiger partial charge < -0.3 is 9.67 Å². The second-order valence-corrected chi connectivity index (χ2v) is 6.20. The molecule has 0 saturated heterocycles. The SMILES string of the molecule is O=c1c(Sc2ccccc2)c(O)c2cccc3c2n1CC3. The Hall–Kier alpha value is -2.20. The predicted molar refractivity (Wildman–Crippen MR) is 84.1 cm³/mol. The molecule has 0 spiro atoms. The summed E-state index contributed by atoms with van der Waals surface area (Å²) in [7, 11) is 0. The molecule has 0 unspecified atom stereocenters. The zero-order valence-electron chi connectivity index (χ0n) is 11.2. The van der Waals surface area contributed by atoms with Crippen LogP contribution < -0.4 is 5.56 Å². The number of nitrogens with zero attached hydrogens (tertiary/aromatic N) is 1. The molecule has 3 nitrogen and oxygen atoms in total. The van der Waals surface area contributed by atoms with E-state index >= 15 is 0 Å². The highest BCUT2D eigenvalue weighted by Gasteiger charge is 2.22. The zero-order valence-corrected chi connectivity index (χ0v) is 12.1. The molecule has 3 aromatic rings. The normalized spacial score (nSPS) is 13.0. The Bertz CT molecular complexity index is 900. The summed E-state index contributed by atoms with van der Waals surface area (Å²) in [4.78, 5) is 14.0. The molecular formula is C17H13NO2S. The molecule has 1 aliphatic heterocycles. The molecule has 0 amide bonds. The van der Waals surface area contributed by atoms with Crippen LogP contribution in [0.15, 0.2) is 63.1 Å². The maximum Gasteiger partial charge on any atom is 0.268 e. The standard InChI is InChI=1S/C17H13NO2S/c19-15-13-8-4-5-11-9-10-18(14(11)13)17(20)16(15)21-12-6-2-1-3-7-12/h1-8,19H,9-10H2.